The fraction of sp³-hybridized carbons (Fsp3) is 0.227. The number of nitrogens with zero attached hydrogens (tertiary/aromatic N) is 2. The van der Waals surface area contributed by atoms with Crippen LogP contribution in [0.15, 0.2) is 133 Å². The Kier molecular flexibility index (Phi) is 16.8. The minimum absolute atomic E-state index is 0.304. The summed E-state index contributed by atoms with van der Waals surface area (Å²) in [5.41, 5.74) is 3.66. The molecule has 0 radical (unpaired) electrons. The van der Waals surface area contributed by atoms with Crippen molar-refractivity contribution in [1.82, 2.24) is 0 Å². The number of hydrogen-bond acceptors (Lipinski definition) is 12. The summed E-state index contributed by atoms with van der Waals surface area (Å²) in [5, 5.41) is 8.73. The van der Waals surface area contributed by atoms with E-state index in [0.29, 0.717) is 97.7 Å². The van der Waals surface area contributed by atoms with Gasteiger partial charge in [0.1, 0.15) is 23.0 Å². The zero-order valence-electron chi connectivity index (χ0n) is 31.4. The van der Waals surface area contributed by atoms with E-state index in [1.165, 1.54) is 0 Å². The van der Waals surface area contributed by atoms with E-state index in [4.69, 9.17) is 28.4 Å². The van der Waals surface area contributed by atoms with Crippen molar-refractivity contribution < 1.29 is 47.6 Å². The van der Waals surface area contributed by atoms with Crippen molar-refractivity contribution in [1.29, 1.82) is 0 Å². The molecule has 0 aliphatic carbocycles. The summed E-state index contributed by atoms with van der Waals surface area (Å²) in [7, 11) is 0. The Morgan fingerprint density at radius 2 is 0.768 bits per heavy atom. The molecule has 0 aliphatic heterocycles. The molecule has 0 N–H and O–H groups in total. The van der Waals surface area contributed by atoms with E-state index in [1.54, 1.807) is 97.1 Å². The van der Waals surface area contributed by atoms with Gasteiger partial charge in [0, 0.05) is 12.2 Å². The number of unbranched alkanes of at least 4 members (excludes halogenated alkanes) is 2. The highest BCUT2D eigenvalue weighted by molar-refractivity contribution is 6.02. The van der Waals surface area contributed by atoms with Crippen LogP contribution in [0.25, 0.3) is 0 Å². The molecular weight excluding hydrogens is 716 g/mol. The number of carbonyl (C=O) groups excluding carboxylic acids is 4. The van der Waals surface area contributed by atoms with Gasteiger partial charge < -0.3 is 28.4 Å². The van der Waals surface area contributed by atoms with Gasteiger partial charge in [-0.25, -0.2) is 19.2 Å². The number of rotatable bonds is 21. The van der Waals surface area contributed by atoms with Crippen LogP contribution in [0.4, 0.5) is 0 Å². The van der Waals surface area contributed by atoms with Crippen molar-refractivity contribution in [3.8, 4) is 23.0 Å². The van der Waals surface area contributed by atoms with Crippen molar-refractivity contribution in [3.63, 3.8) is 0 Å². The smallest absolute Gasteiger partial charge is 0.343 e. The lowest BCUT2D eigenvalue weighted by Gasteiger charge is -2.08. The average molecular weight is 761 g/mol. The van der Waals surface area contributed by atoms with Crippen LogP contribution in [0.2, 0.25) is 0 Å². The molecule has 290 valence electrons. The van der Waals surface area contributed by atoms with E-state index in [1.807, 2.05) is 13.8 Å². The lowest BCUT2D eigenvalue weighted by molar-refractivity contribution is -0.138. The molecule has 0 saturated carbocycles. The Hall–Kier alpha value is -6.82. The van der Waals surface area contributed by atoms with Gasteiger partial charge in [0.05, 0.1) is 49.0 Å². The number of benzene rings is 4. The van der Waals surface area contributed by atoms with E-state index in [0.717, 1.165) is 23.3 Å². The molecule has 4 rings (SSSR count). The van der Waals surface area contributed by atoms with Crippen LogP contribution < -0.4 is 18.9 Å². The first kappa shape index (κ1) is 41.9. The minimum Gasteiger partial charge on any atom is -0.494 e. The van der Waals surface area contributed by atoms with Crippen LogP contribution in [-0.2, 0) is 19.1 Å². The van der Waals surface area contributed by atoms with Gasteiger partial charge in [-0.1, -0.05) is 13.2 Å². The summed E-state index contributed by atoms with van der Waals surface area (Å²) >= 11 is 0. The Bertz CT molecular complexity index is 1850. The van der Waals surface area contributed by atoms with Crippen LogP contribution >= 0.6 is 0 Å². The highest BCUT2D eigenvalue weighted by Crippen LogP contribution is 2.20. The maximum absolute atomic E-state index is 12.7. The Labute approximate surface area is 326 Å². The zero-order valence-corrected chi connectivity index (χ0v) is 31.4. The summed E-state index contributed by atoms with van der Waals surface area (Å²) < 4.78 is 32.3. The maximum atomic E-state index is 12.7. The zero-order chi connectivity index (χ0) is 40.1. The monoisotopic (exact) mass is 760 g/mol. The number of hydrogen-bond donors (Lipinski definition) is 0. The fourth-order valence-electron chi connectivity index (χ4n) is 4.75. The lowest BCUT2D eigenvalue weighted by Crippen LogP contribution is -2.09. The van der Waals surface area contributed by atoms with Gasteiger partial charge in [0.2, 0.25) is 0 Å². The van der Waals surface area contributed by atoms with Crippen LogP contribution in [0, 0.1) is 0 Å². The molecular formula is C44H44N2O10. The first-order valence-corrected chi connectivity index (χ1v) is 17.9. The standard InChI is InChI=1S/C44H44N2O10/c1-5-41(47)53-29-9-7-27-51-37-19-15-35(16-20-37)43(49)55-39-23-11-33(12-24-39)31(3)45-46-32(4)34-13-25-40(26-14-34)56-44(50)36-17-21-38(22-18-36)52-28-8-10-30-54-42(48)6-2/h5-6,11-26H,1-2,7-10,27-30H2,3-4H3/b45-31+,46-32+. The molecule has 0 aromatic heterocycles. The Morgan fingerprint density at radius 1 is 0.464 bits per heavy atom. The molecule has 0 amide bonds. The predicted molar refractivity (Wildman–Crippen MR) is 212 cm³/mol. The summed E-state index contributed by atoms with van der Waals surface area (Å²) in [4.78, 5) is 47.5. The maximum Gasteiger partial charge on any atom is 0.343 e. The molecule has 0 heterocycles. The third kappa shape index (κ3) is 14.2. The summed E-state index contributed by atoms with van der Waals surface area (Å²) in [6, 6.07) is 27.2. The average Bonchev–Trinajstić information content (AvgIpc) is 3.22. The van der Waals surface area contributed by atoms with Gasteiger partial charge >= 0.3 is 23.9 Å². The molecule has 0 atom stereocenters. The van der Waals surface area contributed by atoms with E-state index in [2.05, 4.69) is 23.4 Å². The van der Waals surface area contributed by atoms with Crippen molar-refractivity contribution in [2.75, 3.05) is 26.4 Å². The molecule has 56 heavy (non-hydrogen) atoms. The largest absolute Gasteiger partial charge is 0.494 e. The van der Waals surface area contributed by atoms with Crippen molar-refractivity contribution in [2.24, 2.45) is 10.2 Å². The second-order valence-corrected chi connectivity index (χ2v) is 12.1. The van der Waals surface area contributed by atoms with Crippen LogP contribution in [0.3, 0.4) is 0 Å². The van der Waals surface area contributed by atoms with Crippen molar-refractivity contribution in [3.05, 3.63) is 145 Å². The second kappa shape index (κ2) is 22.4. The summed E-state index contributed by atoms with van der Waals surface area (Å²) in [5.74, 6) is 0.0834. The Morgan fingerprint density at radius 3 is 1.11 bits per heavy atom. The molecule has 12 nitrogen and oxygen atoms in total. The van der Waals surface area contributed by atoms with E-state index in [-0.39, 0.29) is 0 Å². The van der Waals surface area contributed by atoms with Crippen LogP contribution in [-0.4, -0.2) is 61.7 Å². The summed E-state index contributed by atoms with van der Waals surface area (Å²) in [6.07, 6.45) is 4.99. The molecule has 0 aliphatic rings. The SMILES string of the molecule is C=CC(=O)OCCCCOc1ccc(C(=O)Oc2ccc(/C(C)=N/N=C(\C)c3ccc(OC(=O)c4ccc(OCCCCOC(=O)C=C)cc4)cc3)cc2)cc1. The molecule has 0 spiro atoms. The molecule has 0 bridgehead atoms. The van der Waals surface area contributed by atoms with Crippen LogP contribution in [0.1, 0.15) is 71.4 Å². The first-order valence-electron chi connectivity index (χ1n) is 17.9. The van der Waals surface area contributed by atoms with E-state index in [9.17, 15) is 19.2 Å². The summed E-state index contributed by atoms with van der Waals surface area (Å²) in [6.45, 7) is 11.9. The number of carbonyl (C=O) groups is 4. The van der Waals surface area contributed by atoms with Gasteiger partial charge in [0.25, 0.3) is 0 Å². The predicted octanol–water partition coefficient (Wildman–Crippen LogP) is 8.13. The van der Waals surface area contributed by atoms with Gasteiger partial charge in [-0.3, -0.25) is 0 Å². The molecule has 4 aromatic carbocycles. The van der Waals surface area contributed by atoms with E-state index < -0.39 is 23.9 Å². The highest BCUT2D eigenvalue weighted by atomic mass is 16.5. The topological polar surface area (TPSA) is 148 Å². The molecule has 0 saturated heterocycles. The minimum atomic E-state index is -0.505. The van der Waals surface area contributed by atoms with Gasteiger partial charge in [-0.15, -0.1) is 0 Å². The van der Waals surface area contributed by atoms with Crippen molar-refractivity contribution >= 4 is 35.3 Å². The highest BCUT2D eigenvalue weighted by Gasteiger charge is 2.11. The normalized spacial score (nSPS) is 11.2. The van der Waals surface area contributed by atoms with Gasteiger partial charge in [0.15, 0.2) is 0 Å². The third-order valence-electron chi connectivity index (χ3n) is 7.93. The fourth-order valence-corrected chi connectivity index (χ4v) is 4.75. The second-order valence-electron chi connectivity index (χ2n) is 12.1. The van der Waals surface area contributed by atoms with E-state index >= 15 is 0 Å². The quantitative estimate of drug-likeness (QED) is 0.0204. The van der Waals surface area contributed by atoms with Gasteiger partial charge in [-0.2, -0.15) is 10.2 Å². The molecule has 4 aromatic rings. The van der Waals surface area contributed by atoms with Gasteiger partial charge in [-0.05, 0) is 148 Å². The molecule has 12 heteroatoms. The third-order valence-corrected chi connectivity index (χ3v) is 7.93. The lowest BCUT2D eigenvalue weighted by atomic mass is 10.1. The van der Waals surface area contributed by atoms with Crippen LogP contribution in [0.5, 0.6) is 23.0 Å². The first-order chi connectivity index (χ1) is 27.1. The number of esters is 4. The molecule has 0 fully saturated rings. The van der Waals surface area contributed by atoms with Crippen molar-refractivity contribution in [2.45, 2.75) is 39.5 Å². The molecule has 0 unspecified atom stereocenters. The number of ether oxygens (including phenoxy) is 6. The Balaban J connectivity index is 1.20.